The van der Waals surface area contributed by atoms with E-state index < -0.39 is 0 Å². The van der Waals surface area contributed by atoms with E-state index in [9.17, 15) is 4.79 Å². The quantitative estimate of drug-likeness (QED) is 0.566. The molecule has 0 aromatic carbocycles. The fraction of sp³-hybridized carbons (Fsp3) is 0.364. The van der Waals surface area contributed by atoms with Gasteiger partial charge in [-0.1, -0.05) is 0 Å². The monoisotopic (exact) mass is 210 g/mol. The third kappa shape index (κ3) is 3.00. The molecule has 0 aliphatic rings. The molecule has 0 saturated carbocycles. The molecular weight excluding hydrogens is 196 g/mol. The van der Waals surface area contributed by atoms with E-state index in [0.29, 0.717) is 12.2 Å². The second-order valence-electron chi connectivity index (χ2n) is 3.07. The molecule has 3 heteroatoms. The summed E-state index contributed by atoms with van der Waals surface area (Å²) in [7, 11) is 0. The van der Waals surface area contributed by atoms with Gasteiger partial charge in [0, 0.05) is 10.5 Å². The zero-order valence-corrected chi connectivity index (χ0v) is 9.48. The van der Waals surface area contributed by atoms with Crippen molar-refractivity contribution in [3.8, 4) is 0 Å². The van der Waals surface area contributed by atoms with Crippen LogP contribution in [0.1, 0.15) is 24.3 Å². The van der Waals surface area contributed by atoms with Gasteiger partial charge in [-0.3, -0.25) is 0 Å². The van der Waals surface area contributed by atoms with Crippen LogP contribution >= 0.6 is 11.3 Å². The zero-order chi connectivity index (χ0) is 10.6. The summed E-state index contributed by atoms with van der Waals surface area (Å²) >= 11 is 1.63. The molecular formula is C11H14O2S. The Labute approximate surface area is 88.2 Å². The summed E-state index contributed by atoms with van der Waals surface area (Å²) in [6, 6.07) is 2.05. The maximum Gasteiger partial charge on any atom is 0.333 e. The summed E-state index contributed by atoms with van der Waals surface area (Å²) in [5, 5.41) is 2.06. The highest BCUT2D eigenvalue weighted by molar-refractivity contribution is 7.11. The molecule has 0 spiro atoms. The molecule has 0 bridgehead atoms. The van der Waals surface area contributed by atoms with Crippen molar-refractivity contribution < 1.29 is 9.53 Å². The average Bonchev–Trinajstić information content (AvgIpc) is 2.51. The van der Waals surface area contributed by atoms with E-state index >= 15 is 0 Å². The topological polar surface area (TPSA) is 26.3 Å². The zero-order valence-electron chi connectivity index (χ0n) is 8.66. The molecule has 2 nitrogen and oxygen atoms in total. The number of carbonyl (C=O) groups is 1. The Kier molecular flexibility index (Phi) is 3.89. The van der Waals surface area contributed by atoms with Gasteiger partial charge in [-0.05, 0) is 43.9 Å². The maximum atomic E-state index is 11.3. The van der Waals surface area contributed by atoms with Gasteiger partial charge in [0.05, 0.1) is 6.61 Å². The van der Waals surface area contributed by atoms with E-state index in [-0.39, 0.29) is 5.97 Å². The Morgan fingerprint density at radius 2 is 2.36 bits per heavy atom. The summed E-state index contributed by atoms with van der Waals surface area (Å²) in [6.45, 7) is 6.04. The normalized spacial score (nSPS) is 11.5. The smallest absolute Gasteiger partial charge is 0.333 e. The molecule has 0 aliphatic heterocycles. The Bertz CT molecular complexity index is 350. The number of carbonyl (C=O) groups excluding carboxylic acids is 1. The van der Waals surface area contributed by atoms with Gasteiger partial charge in [0.1, 0.15) is 0 Å². The van der Waals surface area contributed by atoms with Crippen LogP contribution in [0.3, 0.4) is 0 Å². The lowest BCUT2D eigenvalue weighted by Crippen LogP contribution is -2.04. The van der Waals surface area contributed by atoms with Crippen molar-refractivity contribution in [3.05, 3.63) is 27.5 Å². The van der Waals surface area contributed by atoms with Crippen LogP contribution in [0.2, 0.25) is 0 Å². The van der Waals surface area contributed by atoms with E-state index in [1.807, 2.05) is 19.1 Å². The first-order valence-corrected chi connectivity index (χ1v) is 5.42. The third-order valence-electron chi connectivity index (χ3n) is 1.71. The van der Waals surface area contributed by atoms with Crippen molar-refractivity contribution in [2.75, 3.05) is 6.61 Å². The lowest BCUT2D eigenvalue weighted by Gasteiger charge is -1.99. The van der Waals surface area contributed by atoms with Gasteiger partial charge in [0.25, 0.3) is 0 Å². The second kappa shape index (κ2) is 4.96. The van der Waals surface area contributed by atoms with E-state index in [2.05, 4.69) is 5.38 Å². The molecule has 0 aliphatic carbocycles. The van der Waals surface area contributed by atoms with Crippen LogP contribution in [0.25, 0.3) is 6.08 Å². The third-order valence-corrected chi connectivity index (χ3v) is 2.70. The van der Waals surface area contributed by atoms with Crippen LogP contribution in [0, 0.1) is 6.92 Å². The van der Waals surface area contributed by atoms with Gasteiger partial charge in [0.2, 0.25) is 0 Å². The van der Waals surface area contributed by atoms with Crippen molar-refractivity contribution in [3.63, 3.8) is 0 Å². The van der Waals surface area contributed by atoms with Crippen molar-refractivity contribution in [1.29, 1.82) is 0 Å². The molecule has 0 unspecified atom stereocenters. The molecule has 76 valence electrons. The summed E-state index contributed by atoms with van der Waals surface area (Å²) in [6.07, 6.45) is 1.86. The van der Waals surface area contributed by atoms with Crippen LogP contribution in [-0.4, -0.2) is 12.6 Å². The molecule has 0 saturated heterocycles. The molecule has 14 heavy (non-hydrogen) atoms. The van der Waals surface area contributed by atoms with Crippen LogP contribution < -0.4 is 0 Å². The van der Waals surface area contributed by atoms with Gasteiger partial charge >= 0.3 is 5.97 Å². The second-order valence-corrected chi connectivity index (χ2v) is 4.02. The Hall–Kier alpha value is -1.09. The number of aryl methyl sites for hydroxylation is 1. The molecule has 0 atom stereocenters. The number of hydrogen-bond acceptors (Lipinski definition) is 3. The molecule has 0 N–H and O–H groups in total. The highest BCUT2D eigenvalue weighted by Crippen LogP contribution is 2.17. The van der Waals surface area contributed by atoms with E-state index in [1.54, 1.807) is 25.2 Å². The average molecular weight is 210 g/mol. The largest absolute Gasteiger partial charge is 0.463 e. The molecule has 1 rings (SSSR count). The highest BCUT2D eigenvalue weighted by atomic mass is 32.1. The molecule has 0 radical (unpaired) electrons. The Morgan fingerprint density at radius 1 is 1.64 bits per heavy atom. The highest BCUT2D eigenvalue weighted by Gasteiger charge is 2.04. The molecule has 1 aromatic heterocycles. The summed E-state index contributed by atoms with van der Waals surface area (Å²) in [4.78, 5) is 12.4. The molecule has 0 amide bonds. The van der Waals surface area contributed by atoms with Crippen LogP contribution in [0.15, 0.2) is 17.0 Å². The summed E-state index contributed by atoms with van der Waals surface area (Å²) in [5.41, 5.74) is 1.87. The van der Waals surface area contributed by atoms with E-state index in [4.69, 9.17) is 4.74 Å². The fourth-order valence-electron chi connectivity index (χ4n) is 1.05. The predicted molar refractivity (Wildman–Crippen MR) is 59.3 cm³/mol. The molecule has 1 heterocycles. The molecule has 0 fully saturated rings. The first-order chi connectivity index (χ1) is 6.63. The fourth-order valence-corrected chi connectivity index (χ4v) is 1.94. The number of thiophene rings is 1. The van der Waals surface area contributed by atoms with Crippen LogP contribution in [0.4, 0.5) is 0 Å². The van der Waals surface area contributed by atoms with Gasteiger partial charge in [-0.25, -0.2) is 4.79 Å². The van der Waals surface area contributed by atoms with Crippen molar-refractivity contribution >= 4 is 23.4 Å². The van der Waals surface area contributed by atoms with Crippen molar-refractivity contribution in [2.45, 2.75) is 20.8 Å². The van der Waals surface area contributed by atoms with Crippen LogP contribution in [-0.2, 0) is 9.53 Å². The SMILES string of the molecule is CCOC(=O)C(C)=Cc1cc(C)cs1. The maximum absolute atomic E-state index is 11.3. The summed E-state index contributed by atoms with van der Waals surface area (Å²) in [5.74, 6) is -0.237. The lowest BCUT2D eigenvalue weighted by atomic mass is 10.2. The minimum absolute atomic E-state index is 0.237. The van der Waals surface area contributed by atoms with E-state index in [0.717, 1.165) is 4.88 Å². The van der Waals surface area contributed by atoms with Gasteiger partial charge in [-0.2, -0.15) is 0 Å². The van der Waals surface area contributed by atoms with Gasteiger partial charge < -0.3 is 4.74 Å². The van der Waals surface area contributed by atoms with Crippen molar-refractivity contribution in [2.24, 2.45) is 0 Å². The van der Waals surface area contributed by atoms with Gasteiger partial charge in [0.15, 0.2) is 0 Å². The predicted octanol–water partition coefficient (Wildman–Crippen LogP) is 3.02. The minimum Gasteiger partial charge on any atom is -0.463 e. The lowest BCUT2D eigenvalue weighted by molar-refractivity contribution is -0.138. The number of esters is 1. The Morgan fingerprint density at radius 3 is 2.86 bits per heavy atom. The minimum atomic E-state index is -0.237. The number of rotatable bonds is 3. The Balaban J connectivity index is 2.73. The van der Waals surface area contributed by atoms with Crippen molar-refractivity contribution in [1.82, 2.24) is 0 Å². The van der Waals surface area contributed by atoms with Crippen LogP contribution in [0.5, 0.6) is 0 Å². The standard InChI is InChI=1S/C11H14O2S/c1-4-13-11(12)9(3)6-10-5-8(2)7-14-10/h5-7H,4H2,1-3H3. The van der Waals surface area contributed by atoms with E-state index in [1.165, 1.54) is 5.56 Å². The number of ether oxygens (including phenoxy) is 1. The first-order valence-electron chi connectivity index (χ1n) is 4.54. The summed E-state index contributed by atoms with van der Waals surface area (Å²) < 4.78 is 4.88. The molecule has 1 aromatic rings. The van der Waals surface area contributed by atoms with Gasteiger partial charge in [-0.15, -0.1) is 11.3 Å². The number of hydrogen-bond donors (Lipinski definition) is 0. The first kappa shape index (κ1) is 11.0.